The number of carboxylic acids is 1. The Hall–Kier alpha value is -2.84. The number of hydrogen-bond donors (Lipinski definition) is 4. The van der Waals surface area contributed by atoms with Crippen LogP contribution in [-0.4, -0.2) is 37.1 Å². The van der Waals surface area contributed by atoms with E-state index in [0.29, 0.717) is 12.2 Å². The van der Waals surface area contributed by atoms with Gasteiger partial charge in [0.2, 0.25) is 0 Å². The molecule has 0 fully saturated rings. The van der Waals surface area contributed by atoms with E-state index in [1.807, 2.05) is 0 Å². The van der Waals surface area contributed by atoms with E-state index in [9.17, 15) is 9.59 Å². The van der Waals surface area contributed by atoms with E-state index in [-0.39, 0.29) is 6.54 Å². The van der Waals surface area contributed by atoms with Crippen LogP contribution in [0.2, 0.25) is 0 Å². The number of anilines is 1. The molecule has 0 saturated heterocycles. The van der Waals surface area contributed by atoms with Gasteiger partial charge >= 0.3 is 12.0 Å². The van der Waals surface area contributed by atoms with Crippen LogP contribution in [0.1, 0.15) is 5.56 Å². The summed E-state index contributed by atoms with van der Waals surface area (Å²) in [5.41, 5.74) is 1.27. The highest BCUT2D eigenvalue weighted by molar-refractivity contribution is 5.88. The van der Waals surface area contributed by atoms with Crippen molar-refractivity contribution in [1.82, 2.24) is 25.3 Å². The quantitative estimate of drug-likeness (QED) is 0.605. The summed E-state index contributed by atoms with van der Waals surface area (Å²) in [6.45, 7) is 0.0872. The summed E-state index contributed by atoms with van der Waals surface area (Å²) in [5.74, 6) is -1.00. The van der Waals surface area contributed by atoms with E-state index in [1.165, 1.54) is 17.1 Å². The zero-order valence-corrected chi connectivity index (χ0v) is 9.83. The summed E-state index contributed by atoms with van der Waals surface area (Å²) < 4.78 is 1.22. The molecule has 4 N–H and O–H groups in total. The molecule has 0 bridgehead atoms. The van der Waals surface area contributed by atoms with Crippen LogP contribution in [0, 0.1) is 0 Å². The third-order valence-corrected chi connectivity index (χ3v) is 2.20. The van der Waals surface area contributed by atoms with Gasteiger partial charge in [-0.05, 0) is 0 Å². The number of urea groups is 1. The zero-order valence-electron chi connectivity index (χ0n) is 9.83. The summed E-state index contributed by atoms with van der Waals surface area (Å²) in [5, 5.41) is 23.9. The van der Waals surface area contributed by atoms with Crippen molar-refractivity contribution in [1.29, 1.82) is 0 Å². The third-order valence-electron chi connectivity index (χ3n) is 2.20. The Bertz CT molecular complexity index is 562. The number of carbonyl (C=O) groups excluding carboxylic acids is 1. The van der Waals surface area contributed by atoms with Crippen molar-refractivity contribution in [2.24, 2.45) is 0 Å². The lowest BCUT2D eigenvalue weighted by molar-refractivity contribution is -0.137. The van der Waals surface area contributed by atoms with Gasteiger partial charge in [0.25, 0.3) is 0 Å². The molecular weight excluding hydrogens is 252 g/mol. The fraction of sp³-hybridized carbons (Fsp3) is 0.200. The molecule has 0 aromatic carbocycles. The van der Waals surface area contributed by atoms with Gasteiger partial charge in [-0.25, -0.2) is 4.79 Å². The van der Waals surface area contributed by atoms with Crippen LogP contribution < -0.4 is 10.6 Å². The van der Waals surface area contributed by atoms with Crippen LogP contribution in [-0.2, 0) is 17.9 Å². The van der Waals surface area contributed by atoms with Gasteiger partial charge in [0.15, 0.2) is 0 Å². The van der Waals surface area contributed by atoms with E-state index in [2.05, 4.69) is 25.9 Å². The molecule has 0 unspecified atom stereocenters. The SMILES string of the molecule is O=C(O)Cn1cc(NC(=O)NCc2cn[nH]c2)cn1. The van der Waals surface area contributed by atoms with Gasteiger partial charge in [0, 0.05) is 24.5 Å². The number of nitrogens with one attached hydrogen (secondary N) is 3. The number of amides is 2. The fourth-order valence-corrected chi connectivity index (χ4v) is 1.39. The number of H-pyrrole nitrogens is 1. The molecule has 9 heteroatoms. The van der Waals surface area contributed by atoms with Crippen molar-refractivity contribution in [3.63, 3.8) is 0 Å². The third kappa shape index (κ3) is 3.84. The maximum Gasteiger partial charge on any atom is 0.325 e. The molecule has 2 aromatic heterocycles. The first-order chi connectivity index (χ1) is 9.13. The molecule has 2 heterocycles. The topological polar surface area (TPSA) is 125 Å². The van der Waals surface area contributed by atoms with Crippen LogP contribution in [0.15, 0.2) is 24.8 Å². The van der Waals surface area contributed by atoms with Crippen LogP contribution >= 0.6 is 0 Å². The minimum atomic E-state index is -1.00. The molecular formula is C10H12N6O3. The van der Waals surface area contributed by atoms with E-state index in [1.54, 1.807) is 12.4 Å². The summed E-state index contributed by atoms with van der Waals surface area (Å²) in [6.07, 6.45) is 6.09. The van der Waals surface area contributed by atoms with Gasteiger partial charge < -0.3 is 15.7 Å². The molecule has 0 radical (unpaired) electrons. The summed E-state index contributed by atoms with van der Waals surface area (Å²) in [6, 6.07) is -0.406. The van der Waals surface area contributed by atoms with E-state index >= 15 is 0 Å². The smallest absolute Gasteiger partial charge is 0.325 e. The summed E-state index contributed by atoms with van der Waals surface area (Å²) in [4.78, 5) is 22.0. The highest BCUT2D eigenvalue weighted by Gasteiger charge is 2.06. The Morgan fingerprint density at radius 1 is 1.42 bits per heavy atom. The van der Waals surface area contributed by atoms with Gasteiger partial charge in [-0.1, -0.05) is 0 Å². The number of carboxylic acid groups (broad SMARTS) is 1. The van der Waals surface area contributed by atoms with Crippen LogP contribution in [0.5, 0.6) is 0 Å². The molecule has 0 aliphatic rings. The largest absolute Gasteiger partial charge is 0.480 e. The summed E-state index contributed by atoms with van der Waals surface area (Å²) >= 11 is 0. The fourth-order valence-electron chi connectivity index (χ4n) is 1.39. The van der Waals surface area contributed by atoms with Gasteiger partial charge in [-0.3, -0.25) is 14.6 Å². The highest BCUT2D eigenvalue weighted by atomic mass is 16.4. The van der Waals surface area contributed by atoms with E-state index in [0.717, 1.165) is 5.56 Å². The molecule has 0 saturated carbocycles. The molecule has 0 atom stereocenters. The predicted molar refractivity (Wildman–Crippen MR) is 64.3 cm³/mol. The number of aromatic nitrogens is 4. The normalized spacial score (nSPS) is 10.1. The van der Waals surface area contributed by atoms with Crippen molar-refractivity contribution in [2.75, 3.05) is 5.32 Å². The van der Waals surface area contributed by atoms with Gasteiger partial charge in [-0.15, -0.1) is 0 Å². The second-order valence-corrected chi connectivity index (χ2v) is 3.73. The van der Waals surface area contributed by atoms with Gasteiger partial charge in [0.05, 0.1) is 18.1 Å². The minimum absolute atomic E-state index is 0.252. The molecule has 2 aromatic rings. The molecule has 19 heavy (non-hydrogen) atoms. The van der Waals surface area contributed by atoms with Crippen molar-refractivity contribution in [2.45, 2.75) is 13.1 Å². The minimum Gasteiger partial charge on any atom is -0.480 e. The van der Waals surface area contributed by atoms with Gasteiger partial charge in [-0.2, -0.15) is 10.2 Å². The predicted octanol–water partition coefficient (Wildman–Crippen LogP) is 0.0125. The lowest BCUT2D eigenvalue weighted by Gasteiger charge is -2.03. The molecule has 0 spiro atoms. The first-order valence-corrected chi connectivity index (χ1v) is 5.40. The molecule has 100 valence electrons. The Balaban J connectivity index is 1.81. The van der Waals surface area contributed by atoms with Crippen LogP contribution in [0.3, 0.4) is 0 Å². The number of aliphatic carboxylic acids is 1. The van der Waals surface area contributed by atoms with Crippen molar-refractivity contribution < 1.29 is 14.7 Å². The van der Waals surface area contributed by atoms with Crippen LogP contribution in [0.4, 0.5) is 10.5 Å². The van der Waals surface area contributed by atoms with Gasteiger partial charge in [0.1, 0.15) is 6.54 Å². The maximum atomic E-state index is 11.5. The Morgan fingerprint density at radius 3 is 2.95 bits per heavy atom. The lowest BCUT2D eigenvalue weighted by atomic mass is 10.4. The molecule has 0 aliphatic carbocycles. The number of rotatable bonds is 5. The van der Waals surface area contributed by atoms with Crippen molar-refractivity contribution in [3.05, 3.63) is 30.4 Å². The first kappa shape index (κ1) is 12.6. The van der Waals surface area contributed by atoms with Crippen molar-refractivity contribution in [3.8, 4) is 0 Å². The number of nitrogens with zero attached hydrogens (tertiary/aromatic N) is 3. The lowest BCUT2D eigenvalue weighted by Crippen LogP contribution is -2.27. The average molecular weight is 264 g/mol. The first-order valence-electron chi connectivity index (χ1n) is 5.40. The maximum absolute atomic E-state index is 11.5. The molecule has 9 nitrogen and oxygen atoms in total. The van der Waals surface area contributed by atoms with E-state index in [4.69, 9.17) is 5.11 Å². The number of carbonyl (C=O) groups is 2. The summed E-state index contributed by atoms with van der Waals surface area (Å²) in [7, 11) is 0. The molecule has 0 aliphatic heterocycles. The van der Waals surface area contributed by atoms with Crippen LogP contribution in [0.25, 0.3) is 0 Å². The Kier molecular flexibility index (Phi) is 3.76. The molecule has 2 rings (SSSR count). The second-order valence-electron chi connectivity index (χ2n) is 3.73. The zero-order chi connectivity index (χ0) is 13.7. The molecule has 2 amide bonds. The van der Waals surface area contributed by atoms with Crippen molar-refractivity contribution >= 4 is 17.7 Å². The monoisotopic (exact) mass is 264 g/mol. The second kappa shape index (κ2) is 5.67. The number of aromatic amines is 1. The number of hydrogen-bond acceptors (Lipinski definition) is 4. The standard InChI is InChI=1S/C10H12N6O3/c17-9(18)6-16-5-8(4-14-16)15-10(19)11-1-7-2-12-13-3-7/h2-5H,1,6H2,(H,12,13)(H,17,18)(H2,11,15,19). The average Bonchev–Trinajstić information content (AvgIpc) is 2.97. The van der Waals surface area contributed by atoms with E-state index < -0.39 is 12.0 Å². The highest BCUT2D eigenvalue weighted by Crippen LogP contribution is 2.04. The Morgan fingerprint density at radius 2 is 2.26 bits per heavy atom. The Labute approximate surface area is 107 Å².